The lowest BCUT2D eigenvalue weighted by molar-refractivity contribution is 0.701. The zero-order chi connectivity index (χ0) is 15.8. The summed E-state index contributed by atoms with van der Waals surface area (Å²) in [5, 5.41) is 3.21. The van der Waals surface area contributed by atoms with Crippen molar-refractivity contribution >= 4 is 11.6 Å². The van der Waals surface area contributed by atoms with Crippen LogP contribution in [0.5, 0.6) is 0 Å². The smallest absolute Gasteiger partial charge is 0.193 e. The molecule has 0 radical (unpaired) electrons. The zero-order valence-electron chi connectivity index (χ0n) is 13.5. The summed E-state index contributed by atoms with van der Waals surface area (Å²) in [6.07, 6.45) is 2.24. The standard InChI is InChI=1S/C20H23N3/c1-2-13-6-5-8-15(10-13)23-20(21)22-12-18-17-11-14-7-3-4-9-16(14)19(17)18/h3-10,17-19H,2,11-12H2,1H3,(H3,21,22,23). The van der Waals surface area contributed by atoms with Gasteiger partial charge >= 0.3 is 0 Å². The molecule has 3 atom stereocenters. The van der Waals surface area contributed by atoms with Gasteiger partial charge in [-0.1, -0.05) is 43.3 Å². The van der Waals surface area contributed by atoms with Crippen LogP contribution in [0.15, 0.2) is 53.5 Å². The summed E-state index contributed by atoms with van der Waals surface area (Å²) < 4.78 is 0. The van der Waals surface area contributed by atoms with E-state index in [4.69, 9.17) is 5.73 Å². The molecule has 118 valence electrons. The van der Waals surface area contributed by atoms with Gasteiger partial charge in [0.25, 0.3) is 0 Å². The van der Waals surface area contributed by atoms with Gasteiger partial charge in [-0.05, 0) is 59.4 Å². The lowest BCUT2D eigenvalue weighted by Crippen LogP contribution is -2.23. The Balaban J connectivity index is 1.37. The van der Waals surface area contributed by atoms with Crippen LogP contribution in [0.25, 0.3) is 0 Å². The average Bonchev–Trinajstić information content (AvgIpc) is 3.11. The fraction of sp³-hybridized carbons (Fsp3) is 0.350. The number of rotatable bonds is 4. The molecule has 0 spiro atoms. The minimum atomic E-state index is 0.525. The van der Waals surface area contributed by atoms with Crippen LogP contribution in [-0.4, -0.2) is 12.5 Å². The number of hydrogen-bond acceptors (Lipinski definition) is 1. The van der Waals surface area contributed by atoms with Crippen LogP contribution in [0.3, 0.4) is 0 Å². The second-order valence-corrected chi connectivity index (χ2v) is 6.66. The van der Waals surface area contributed by atoms with Gasteiger partial charge < -0.3 is 11.1 Å². The molecule has 2 aromatic carbocycles. The molecule has 0 bridgehead atoms. The molecule has 3 nitrogen and oxygen atoms in total. The number of aryl methyl sites for hydroxylation is 1. The molecule has 4 rings (SSSR count). The first-order chi connectivity index (χ1) is 11.3. The summed E-state index contributed by atoms with van der Waals surface area (Å²) in [6.45, 7) is 2.98. The first kappa shape index (κ1) is 14.3. The predicted molar refractivity (Wildman–Crippen MR) is 95.8 cm³/mol. The van der Waals surface area contributed by atoms with Crippen molar-refractivity contribution < 1.29 is 0 Å². The van der Waals surface area contributed by atoms with E-state index in [-0.39, 0.29) is 0 Å². The van der Waals surface area contributed by atoms with Gasteiger partial charge in [-0.3, -0.25) is 4.99 Å². The number of fused-ring (bicyclic) bond motifs is 3. The second kappa shape index (κ2) is 5.73. The number of nitrogens with one attached hydrogen (secondary N) is 1. The Labute approximate surface area is 137 Å². The highest BCUT2D eigenvalue weighted by Gasteiger charge is 2.54. The highest BCUT2D eigenvalue weighted by Crippen LogP contribution is 2.61. The van der Waals surface area contributed by atoms with Crippen molar-refractivity contribution in [3.05, 3.63) is 65.2 Å². The van der Waals surface area contributed by atoms with E-state index in [1.165, 1.54) is 17.5 Å². The Kier molecular flexibility index (Phi) is 3.56. The lowest BCUT2D eigenvalue weighted by atomic mass is 10.0. The number of hydrogen-bond donors (Lipinski definition) is 2. The van der Waals surface area contributed by atoms with E-state index in [0.717, 1.165) is 24.6 Å². The van der Waals surface area contributed by atoms with Crippen LogP contribution in [0.4, 0.5) is 5.69 Å². The predicted octanol–water partition coefficient (Wildman–Crippen LogP) is 3.56. The SMILES string of the molecule is CCc1cccc(NC(N)=NCC2C3Cc4ccccc4C23)c1. The summed E-state index contributed by atoms with van der Waals surface area (Å²) in [5.74, 6) is 2.70. The third kappa shape index (κ3) is 2.72. The fourth-order valence-electron chi connectivity index (χ4n) is 3.99. The second-order valence-electron chi connectivity index (χ2n) is 6.66. The molecule has 3 N–H and O–H groups in total. The van der Waals surface area contributed by atoms with E-state index < -0.39 is 0 Å². The monoisotopic (exact) mass is 305 g/mol. The van der Waals surface area contributed by atoms with E-state index in [9.17, 15) is 0 Å². The van der Waals surface area contributed by atoms with Crippen LogP contribution in [0.1, 0.15) is 29.5 Å². The van der Waals surface area contributed by atoms with Gasteiger partial charge in [0.15, 0.2) is 5.96 Å². The summed E-state index contributed by atoms with van der Waals surface area (Å²) >= 11 is 0. The molecule has 0 aliphatic heterocycles. The first-order valence-electron chi connectivity index (χ1n) is 8.50. The maximum Gasteiger partial charge on any atom is 0.193 e. The quantitative estimate of drug-likeness (QED) is 0.670. The Bertz CT molecular complexity index is 750. The minimum absolute atomic E-state index is 0.525. The third-order valence-electron chi connectivity index (χ3n) is 5.28. The molecule has 2 aliphatic rings. The van der Waals surface area contributed by atoms with E-state index in [1.807, 2.05) is 6.07 Å². The first-order valence-corrected chi connectivity index (χ1v) is 8.50. The number of aliphatic imine (C=N–C) groups is 1. The molecular formula is C20H23N3. The Morgan fingerprint density at radius 2 is 2.09 bits per heavy atom. The van der Waals surface area contributed by atoms with Crippen LogP contribution >= 0.6 is 0 Å². The topological polar surface area (TPSA) is 50.4 Å². The number of nitrogens with zero attached hydrogens (tertiary/aromatic N) is 1. The summed E-state index contributed by atoms with van der Waals surface area (Å²) in [5.41, 5.74) is 11.5. The summed E-state index contributed by atoms with van der Waals surface area (Å²) in [4.78, 5) is 4.58. The summed E-state index contributed by atoms with van der Waals surface area (Å²) in [6, 6.07) is 17.2. The van der Waals surface area contributed by atoms with Gasteiger partial charge in [-0.25, -0.2) is 0 Å². The Morgan fingerprint density at radius 3 is 2.96 bits per heavy atom. The molecule has 3 unspecified atom stereocenters. The van der Waals surface area contributed by atoms with Gasteiger partial charge in [-0.2, -0.15) is 0 Å². The largest absolute Gasteiger partial charge is 0.370 e. The Morgan fingerprint density at radius 1 is 1.22 bits per heavy atom. The van der Waals surface area contributed by atoms with Crippen LogP contribution in [-0.2, 0) is 12.8 Å². The highest BCUT2D eigenvalue weighted by atomic mass is 15.1. The molecule has 1 saturated carbocycles. The van der Waals surface area contributed by atoms with Crippen molar-refractivity contribution in [3.8, 4) is 0 Å². The molecule has 3 heteroatoms. The van der Waals surface area contributed by atoms with Crippen molar-refractivity contribution in [2.24, 2.45) is 22.6 Å². The average molecular weight is 305 g/mol. The molecule has 0 saturated heterocycles. The van der Waals surface area contributed by atoms with Crippen LogP contribution < -0.4 is 11.1 Å². The molecule has 0 amide bonds. The minimum Gasteiger partial charge on any atom is -0.370 e. The van der Waals surface area contributed by atoms with Crippen LogP contribution in [0, 0.1) is 11.8 Å². The highest BCUT2D eigenvalue weighted by molar-refractivity contribution is 5.92. The summed E-state index contributed by atoms with van der Waals surface area (Å²) in [7, 11) is 0. The van der Waals surface area contributed by atoms with Crippen molar-refractivity contribution in [2.75, 3.05) is 11.9 Å². The van der Waals surface area contributed by atoms with E-state index in [0.29, 0.717) is 17.8 Å². The maximum absolute atomic E-state index is 6.06. The van der Waals surface area contributed by atoms with Crippen LogP contribution in [0.2, 0.25) is 0 Å². The fourth-order valence-corrected chi connectivity index (χ4v) is 3.99. The van der Waals surface area contributed by atoms with Crippen molar-refractivity contribution in [3.63, 3.8) is 0 Å². The number of benzene rings is 2. The molecule has 2 aliphatic carbocycles. The van der Waals surface area contributed by atoms with Gasteiger partial charge in [0, 0.05) is 12.2 Å². The number of guanidine groups is 1. The normalized spacial score (nSPS) is 24.9. The number of nitrogens with two attached hydrogens (primary N) is 1. The van der Waals surface area contributed by atoms with Gasteiger partial charge in [0.2, 0.25) is 0 Å². The van der Waals surface area contributed by atoms with Gasteiger partial charge in [0.05, 0.1) is 0 Å². The van der Waals surface area contributed by atoms with Gasteiger partial charge in [-0.15, -0.1) is 0 Å². The Hall–Kier alpha value is -2.29. The lowest BCUT2D eigenvalue weighted by Gasteiger charge is -2.08. The van der Waals surface area contributed by atoms with E-state index in [2.05, 4.69) is 59.7 Å². The molecule has 0 heterocycles. The molecule has 1 fully saturated rings. The zero-order valence-corrected chi connectivity index (χ0v) is 13.5. The molecular weight excluding hydrogens is 282 g/mol. The number of anilines is 1. The molecule has 0 aromatic heterocycles. The van der Waals surface area contributed by atoms with E-state index in [1.54, 1.807) is 5.56 Å². The van der Waals surface area contributed by atoms with E-state index >= 15 is 0 Å². The third-order valence-corrected chi connectivity index (χ3v) is 5.28. The van der Waals surface area contributed by atoms with Crippen molar-refractivity contribution in [1.29, 1.82) is 0 Å². The van der Waals surface area contributed by atoms with Crippen molar-refractivity contribution in [1.82, 2.24) is 0 Å². The van der Waals surface area contributed by atoms with Gasteiger partial charge in [0.1, 0.15) is 0 Å². The van der Waals surface area contributed by atoms with Crippen molar-refractivity contribution in [2.45, 2.75) is 25.7 Å². The molecule has 23 heavy (non-hydrogen) atoms. The molecule has 2 aromatic rings. The maximum atomic E-state index is 6.06.